The molecule has 0 aliphatic carbocycles. The second-order valence-electron chi connectivity index (χ2n) is 4.60. The van der Waals surface area contributed by atoms with Crippen molar-refractivity contribution in [3.8, 4) is 17.6 Å². The molecule has 0 aliphatic heterocycles. The minimum absolute atomic E-state index is 0.471. The highest BCUT2D eigenvalue weighted by Crippen LogP contribution is 2.18. The lowest BCUT2D eigenvalue weighted by Crippen LogP contribution is -2.09. The van der Waals surface area contributed by atoms with Gasteiger partial charge in [0.05, 0.1) is 11.6 Å². The summed E-state index contributed by atoms with van der Waals surface area (Å²) < 4.78 is 11.2. The van der Waals surface area contributed by atoms with E-state index in [1.54, 1.807) is 24.3 Å². The lowest BCUT2D eigenvalue weighted by atomic mass is 10.1. The largest absolute Gasteiger partial charge is 0.490 e. The maximum absolute atomic E-state index is 8.70. The van der Waals surface area contributed by atoms with E-state index in [1.165, 1.54) is 5.56 Å². The molecule has 0 aromatic heterocycles. The van der Waals surface area contributed by atoms with Gasteiger partial charge in [-0.15, -0.1) is 0 Å². The molecular formula is C17H17NO2. The molecule has 0 atom stereocenters. The second kappa shape index (κ2) is 6.63. The Morgan fingerprint density at radius 1 is 0.950 bits per heavy atom. The van der Waals surface area contributed by atoms with E-state index in [2.05, 4.69) is 19.1 Å². The third kappa shape index (κ3) is 3.76. The highest BCUT2D eigenvalue weighted by atomic mass is 16.5. The molecule has 20 heavy (non-hydrogen) atoms. The highest BCUT2D eigenvalue weighted by Gasteiger charge is 2.00. The van der Waals surface area contributed by atoms with E-state index < -0.39 is 0 Å². The predicted octanol–water partition coefficient (Wildman–Crippen LogP) is 3.63. The number of hydrogen-bond acceptors (Lipinski definition) is 3. The SMILES string of the molecule is Cc1ccc(OCCOc2ccc(C#N)cc2)c(C)c1. The molecule has 2 aromatic carbocycles. The van der Waals surface area contributed by atoms with E-state index >= 15 is 0 Å². The lowest BCUT2D eigenvalue weighted by molar-refractivity contribution is 0.216. The van der Waals surface area contributed by atoms with Gasteiger partial charge < -0.3 is 9.47 Å². The van der Waals surface area contributed by atoms with Crippen LogP contribution in [0.1, 0.15) is 16.7 Å². The summed E-state index contributed by atoms with van der Waals surface area (Å²) >= 11 is 0. The Labute approximate surface area is 119 Å². The average molecular weight is 267 g/mol. The molecule has 0 saturated carbocycles. The Bertz CT molecular complexity index is 612. The van der Waals surface area contributed by atoms with E-state index in [0.29, 0.717) is 18.8 Å². The van der Waals surface area contributed by atoms with Gasteiger partial charge in [0.2, 0.25) is 0 Å². The molecule has 0 N–H and O–H groups in total. The van der Waals surface area contributed by atoms with Gasteiger partial charge in [-0.3, -0.25) is 0 Å². The van der Waals surface area contributed by atoms with Crippen molar-refractivity contribution < 1.29 is 9.47 Å². The van der Waals surface area contributed by atoms with E-state index in [4.69, 9.17) is 14.7 Å². The number of ether oxygens (including phenoxy) is 2. The molecule has 102 valence electrons. The zero-order valence-corrected chi connectivity index (χ0v) is 11.7. The maximum atomic E-state index is 8.70. The normalized spacial score (nSPS) is 9.85. The topological polar surface area (TPSA) is 42.2 Å². The maximum Gasteiger partial charge on any atom is 0.122 e. The van der Waals surface area contributed by atoms with E-state index in [9.17, 15) is 0 Å². The zero-order chi connectivity index (χ0) is 14.4. The number of aryl methyl sites for hydroxylation is 2. The fraction of sp³-hybridized carbons (Fsp3) is 0.235. The van der Waals surface area contributed by atoms with Gasteiger partial charge in [0, 0.05) is 0 Å². The summed E-state index contributed by atoms with van der Waals surface area (Å²) in [5, 5.41) is 8.70. The molecule has 0 radical (unpaired) electrons. The number of nitriles is 1. The Hall–Kier alpha value is -2.47. The summed E-state index contributed by atoms with van der Waals surface area (Å²) in [5.74, 6) is 1.63. The Kier molecular flexibility index (Phi) is 4.62. The van der Waals surface area contributed by atoms with Crippen molar-refractivity contribution in [3.63, 3.8) is 0 Å². The summed E-state index contributed by atoms with van der Waals surface area (Å²) in [6, 6.07) is 15.2. The number of rotatable bonds is 5. The van der Waals surface area contributed by atoms with Crippen LogP contribution in [0.4, 0.5) is 0 Å². The molecule has 0 aliphatic rings. The molecule has 0 heterocycles. The molecule has 0 unspecified atom stereocenters. The van der Waals surface area contributed by atoms with Gasteiger partial charge in [-0.2, -0.15) is 5.26 Å². The first kappa shape index (κ1) is 14.0. The van der Waals surface area contributed by atoms with Crippen molar-refractivity contribution in [2.75, 3.05) is 13.2 Å². The number of benzene rings is 2. The molecule has 0 amide bonds. The van der Waals surface area contributed by atoms with Crippen molar-refractivity contribution in [1.82, 2.24) is 0 Å². The summed E-state index contributed by atoms with van der Waals surface area (Å²) in [6.07, 6.45) is 0. The first-order valence-electron chi connectivity index (χ1n) is 6.52. The van der Waals surface area contributed by atoms with Crippen molar-refractivity contribution >= 4 is 0 Å². The fourth-order valence-electron chi connectivity index (χ4n) is 1.90. The van der Waals surface area contributed by atoms with Crippen LogP contribution >= 0.6 is 0 Å². The smallest absolute Gasteiger partial charge is 0.122 e. The summed E-state index contributed by atoms with van der Waals surface area (Å²) in [7, 11) is 0. The standard InChI is InChI=1S/C17H17NO2/c1-13-3-8-17(14(2)11-13)20-10-9-19-16-6-4-15(12-18)5-7-16/h3-8,11H,9-10H2,1-2H3. The molecular weight excluding hydrogens is 250 g/mol. The molecule has 0 saturated heterocycles. The van der Waals surface area contributed by atoms with Crippen LogP contribution < -0.4 is 9.47 Å². The lowest BCUT2D eigenvalue weighted by Gasteiger charge is -2.10. The molecule has 0 bridgehead atoms. The van der Waals surface area contributed by atoms with E-state index in [-0.39, 0.29) is 0 Å². The van der Waals surface area contributed by atoms with Gasteiger partial charge in [0.15, 0.2) is 0 Å². The van der Waals surface area contributed by atoms with Crippen LogP contribution in [-0.2, 0) is 0 Å². The number of hydrogen-bond donors (Lipinski definition) is 0. The van der Waals surface area contributed by atoms with Crippen LogP contribution in [0.2, 0.25) is 0 Å². The van der Waals surface area contributed by atoms with Crippen LogP contribution in [0.25, 0.3) is 0 Å². The van der Waals surface area contributed by atoms with Crippen molar-refractivity contribution in [1.29, 1.82) is 5.26 Å². The van der Waals surface area contributed by atoms with Gasteiger partial charge in [-0.1, -0.05) is 17.7 Å². The molecule has 0 spiro atoms. The quantitative estimate of drug-likeness (QED) is 0.777. The van der Waals surface area contributed by atoms with Gasteiger partial charge >= 0.3 is 0 Å². The molecule has 3 heteroatoms. The second-order valence-corrected chi connectivity index (χ2v) is 4.60. The third-order valence-electron chi connectivity index (χ3n) is 2.92. The molecule has 2 rings (SSSR count). The van der Waals surface area contributed by atoms with Crippen molar-refractivity contribution in [2.45, 2.75) is 13.8 Å². The Balaban J connectivity index is 1.80. The van der Waals surface area contributed by atoms with Gasteiger partial charge in [0.1, 0.15) is 24.7 Å². The minimum Gasteiger partial charge on any atom is -0.490 e. The predicted molar refractivity (Wildman–Crippen MR) is 78.1 cm³/mol. The average Bonchev–Trinajstić information content (AvgIpc) is 2.46. The fourth-order valence-corrected chi connectivity index (χ4v) is 1.90. The summed E-state index contributed by atoms with van der Waals surface area (Å²) in [6.45, 7) is 5.05. The monoisotopic (exact) mass is 267 g/mol. The van der Waals surface area contributed by atoms with Crippen molar-refractivity contribution in [3.05, 3.63) is 59.2 Å². The first-order valence-corrected chi connectivity index (χ1v) is 6.52. The van der Waals surface area contributed by atoms with Crippen LogP contribution in [0.15, 0.2) is 42.5 Å². The molecule has 2 aromatic rings. The van der Waals surface area contributed by atoms with Crippen molar-refractivity contribution in [2.24, 2.45) is 0 Å². The third-order valence-corrected chi connectivity index (χ3v) is 2.92. The van der Waals surface area contributed by atoms with Gasteiger partial charge in [-0.25, -0.2) is 0 Å². The van der Waals surface area contributed by atoms with Crippen LogP contribution in [0, 0.1) is 25.2 Å². The molecule has 3 nitrogen and oxygen atoms in total. The first-order chi connectivity index (χ1) is 9.69. The van der Waals surface area contributed by atoms with Gasteiger partial charge in [-0.05, 0) is 49.7 Å². The van der Waals surface area contributed by atoms with E-state index in [1.807, 2.05) is 19.1 Å². The molecule has 0 fully saturated rings. The van der Waals surface area contributed by atoms with Gasteiger partial charge in [0.25, 0.3) is 0 Å². The summed E-state index contributed by atoms with van der Waals surface area (Å²) in [5.41, 5.74) is 2.98. The highest BCUT2D eigenvalue weighted by molar-refractivity contribution is 5.36. The minimum atomic E-state index is 0.471. The zero-order valence-electron chi connectivity index (χ0n) is 11.7. The Morgan fingerprint density at radius 3 is 2.30 bits per heavy atom. The number of nitrogens with zero attached hydrogens (tertiary/aromatic N) is 1. The van der Waals surface area contributed by atoms with E-state index in [0.717, 1.165) is 17.1 Å². The van der Waals surface area contributed by atoms with Crippen LogP contribution in [0.3, 0.4) is 0 Å². The Morgan fingerprint density at radius 2 is 1.65 bits per heavy atom. The van der Waals surface area contributed by atoms with Crippen LogP contribution in [0.5, 0.6) is 11.5 Å². The summed E-state index contributed by atoms with van der Waals surface area (Å²) in [4.78, 5) is 0. The van der Waals surface area contributed by atoms with Crippen LogP contribution in [-0.4, -0.2) is 13.2 Å².